The molecule has 2 nitrogen and oxygen atoms in total. The van der Waals surface area contributed by atoms with Gasteiger partial charge in [-0.3, -0.25) is 0 Å². The predicted molar refractivity (Wildman–Crippen MR) is 87.8 cm³/mol. The van der Waals surface area contributed by atoms with Gasteiger partial charge in [0.05, 0.1) is 10.7 Å². The van der Waals surface area contributed by atoms with Crippen LogP contribution >= 0.6 is 34.5 Å². The topological polar surface area (TPSA) is 38.9 Å². The van der Waals surface area contributed by atoms with Crippen LogP contribution in [0, 0.1) is 5.92 Å². The molecule has 0 bridgehead atoms. The van der Waals surface area contributed by atoms with Gasteiger partial charge < -0.3 is 5.73 Å². The SMILES string of the molecule is CC(C)Cc1nc(Cc2c(Cl)cccc2Cl)sc1CN. The van der Waals surface area contributed by atoms with Gasteiger partial charge in [0.1, 0.15) is 0 Å². The van der Waals surface area contributed by atoms with Crippen molar-refractivity contribution in [2.75, 3.05) is 0 Å². The summed E-state index contributed by atoms with van der Waals surface area (Å²) >= 11 is 14.1. The highest BCUT2D eigenvalue weighted by Gasteiger charge is 2.14. The fraction of sp³-hybridized carbons (Fsp3) is 0.400. The minimum Gasteiger partial charge on any atom is -0.326 e. The molecular formula is C15H18Cl2N2S. The molecule has 0 spiro atoms. The molecule has 1 aromatic heterocycles. The summed E-state index contributed by atoms with van der Waals surface area (Å²) in [6.07, 6.45) is 1.62. The van der Waals surface area contributed by atoms with Crippen LogP contribution in [0.2, 0.25) is 10.0 Å². The van der Waals surface area contributed by atoms with Gasteiger partial charge in [0, 0.05) is 27.9 Å². The summed E-state index contributed by atoms with van der Waals surface area (Å²) in [6.45, 7) is 4.91. The Morgan fingerprint density at radius 3 is 2.45 bits per heavy atom. The van der Waals surface area contributed by atoms with Crippen molar-refractivity contribution < 1.29 is 0 Å². The minimum absolute atomic E-state index is 0.538. The molecule has 20 heavy (non-hydrogen) atoms. The van der Waals surface area contributed by atoms with Gasteiger partial charge in [0.2, 0.25) is 0 Å². The van der Waals surface area contributed by atoms with E-state index >= 15 is 0 Å². The Bertz CT molecular complexity index is 573. The van der Waals surface area contributed by atoms with Crippen molar-refractivity contribution in [1.29, 1.82) is 0 Å². The van der Waals surface area contributed by atoms with Gasteiger partial charge in [-0.2, -0.15) is 0 Å². The van der Waals surface area contributed by atoms with Crippen LogP contribution < -0.4 is 5.73 Å². The summed E-state index contributed by atoms with van der Waals surface area (Å²) in [4.78, 5) is 5.88. The Morgan fingerprint density at radius 1 is 1.25 bits per heavy atom. The van der Waals surface area contributed by atoms with Crippen LogP contribution in [0.5, 0.6) is 0 Å². The minimum atomic E-state index is 0.538. The smallest absolute Gasteiger partial charge is 0.0976 e. The summed E-state index contributed by atoms with van der Waals surface area (Å²) in [7, 11) is 0. The second-order valence-corrected chi connectivity index (χ2v) is 7.14. The fourth-order valence-corrected chi connectivity index (χ4v) is 3.59. The lowest BCUT2D eigenvalue weighted by atomic mass is 10.1. The van der Waals surface area contributed by atoms with Crippen LogP contribution in [0.3, 0.4) is 0 Å². The van der Waals surface area contributed by atoms with E-state index in [4.69, 9.17) is 33.9 Å². The number of hydrogen-bond acceptors (Lipinski definition) is 3. The largest absolute Gasteiger partial charge is 0.326 e. The first kappa shape index (κ1) is 15.8. The molecule has 0 aliphatic heterocycles. The predicted octanol–water partition coefficient (Wildman–Crippen LogP) is 4.70. The molecule has 0 saturated carbocycles. The number of rotatable bonds is 5. The van der Waals surface area contributed by atoms with E-state index < -0.39 is 0 Å². The van der Waals surface area contributed by atoms with Crippen LogP contribution in [0.15, 0.2) is 18.2 Å². The fourth-order valence-electron chi connectivity index (χ4n) is 2.07. The Balaban J connectivity index is 2.28. The van der Waals surface area contributed by atoms with E-state index in [9.17, 15) is 0 Å². The number of thiazole rings is 1. The molecule has 0 aliphatic carbocycles. The monoisotopic (exact) mass is 328 g/mol. The van der Waals surface area contributed by atoms with Gasteiger partial charge >= 0.3 is 0 Å². The molecule has 0 fully saturated rings. The highest BCUT2D eigenvalue weighted by Crippen LogP contribution is 2.29. The van der Waals surface area contributed by atoms with Gasteiger partial charge in [-0.25, -0.2) is 4.98 Å². The third-order valence-electron chi connectivity index (χ3n) is 3.00. The van der Waals surface area contributed by atoms with Crippen molar-refractivity contribution in [2.24, 2.45) is 11.7 Å². The maximum atomic E-state index is 6.21. The van der Waals surface area contributed by atoms with Crippen molar-refractivity contribution in [1.82, 2.24) is 4.98 Å². The highest BCUT2D eigenvalue weighted by atomic mass is 35.5. The van der Waals surface area contributed by atoms with Crippen molar-refractivity contribution in [2.45, 2.75) is 33.2 Å². The highest BCUT2D eigenvalue weighted by molar-refractivity contribution is 7.11. The molecule has 0 unspecified atom stereocenters. The molecule has 1 aromatic carbocycles. The first-order valence-corrected chi connectivity index (χ1v) is 8.19. The summed E-state index contributed by atoms with van der Waals surface area (Å²) in [6, 6.07) is 5.57. The van der Waals surface area contributed by atoms with E-state index in [1.165, 1.54) is 0 Å². The molecule has 0 aliphatic rings. The molecular weight excluding hydrogens is 311 g/mol. The molecule has 5 heteroatoms. The van der Waals surface area contributed by atoms with Crippen LogP contribution in [-0.4, -0.2) is 4.98 Å². The average molecular weight is 329 g/mol. The van der Waals surface area contributed by atoms with E-state index in [1.54, 1.807) is 11.3 Å². The van der Waals surface area contributed by atoms with Crippen molar-refractivity contribution >= 4 is 34.5 Å². The number of nitrogens with two attached hydrogens (primary N) is 1. The van der Waals surface area contributed by atoms with Crippen LogP contribution in [0.1, 0.15) is 35.0 Å². The molecule has 2 N–H and O–H groups in total. The Hall–Kier alpha value is -0.610. The maximum absolute atomic E-state index is 6.21. The van der Waals surface area contributed by atoms with E-state index in [0.717, 1.165) is 27.6 Å². The molecule has 2 rings (SSSR count). The molecule has 0 saturated heterocycles. The second kappa shape index (κ2) is 6.90. The van der Waals surface area contributed by atoms with Gasteiger partial charge in [-0.05, 0) is 30.0 Å². The van der Waals surface area contributed by atoms with Crippen LogP contribution in [0.4, 0.5) is 0 Å². The van der Waals surface area contributed by atoms with Crippen LogP contribution in [-0.2, 0) is 19.4 Å². The zero-order valence-corrected chi connectivity index (χ0v) is 13.9. The summed E-state index contributed by atoms with van der Waals surface area (Å²) < 4.78 is 0. The third kappa shape index (κ3) is 3.73. The average Bonchev–Trinajstić information content (AvgIpc) is 2.75. The van der Waals surface area contributed by atoms with Crippen LogP contribution in [0.25, 0.3) is 0 Å². The lowest BCUT2D eigenvalue weighted by Gasteiger charge is -2.04. The van der Waals surface area contributed by atoms with Crippen molar-refractivity contribution in [3.63, 3.8) is 0 Å². The number of hydrogen-bond donors (Lipinski definition) is 1. The molecule has 0 radical (unpaired) electrons. The van der Waals surface area contributed by atoms with Crippen molar-refractivity contribution in [3.8, 4) is 0 Å². The molecule has 2 aromatic rings. The van der Waals surface area contributed by atoms with Gasteiger partial charge in [-0.15, -0.1) is 11.3 Å². The zero-order chi connectivity index (χ0) is 14.7. The lowest BCUT2D eigenvalue weighted by Crippen LogP contribution is -2.02. The lowest BCUT2D eigenvalue weighted by molar-refractivity contribution is 0.632. The second-order valence-electron chi connectivity index (χ2n) is 5.16. The number of aromatic nitrogens is 1. The first-order chi connectivity index (χ1) is 9.51. The van der Waals surface area contributed by atoms with E-state index in [0.29, 0.717) is 28.9 Å². The molecule has 1 heterocycles. The molecule has 0 amide bonds. The Morgan fingerprint density at radius 2 is 1.90 bits per heavy atom. The number of benzene rings is 1. The first-order valence-electron chi connectivity index (χ1n) is 6.61. The van der Waals surface area contributed by atoms with E-state index in [2.05, 4.69) is 13.8 Å². The zero-order valence-electron chi connectivity index (χ0n) is 11.6. The van der Waals surface area contributed by atoms with Gasteiger partial charge in [0.15, 0.2) is 0 Å². The summed E-state index contributed by atoms with van der Waals surface area (Å²) in [5.41, 5.74) is 7.86. The normalized spacial score (nSPS) is 11.3. The maximum Gasteiger partial charge on any atom is 0.0976 e. The van der Waals surface area contributed by atoms with E-state index in [1.807, 2.05) is 18.2 Å². The quantitative estimate of drug-likeness (QED) is 0.864. The van der Waals surface area contributed by atoms with E-state index in [-0.39, 0.29) is 0 Å². The Kier molecular flexibility index (Phi) is 5.44. The third-order valence-corrected chi connectivity index (χ3v) is 4.83. The molecule has 0 atom stereocenters. The van der Waals surface area contributed by atoms with Gasteiger partial charge in [-0.1, -0.05) is 43.1 Å². The standard InChI is InChI=1S/C15H18Cl2N2S/c1-9(2)6-13-14(8-18)20-15(19-13)7-10-11(16)4-3-5-12(10)17/h3-5,9H,6-8,18H2,1-2H3. The number of nitrogens with zero attached hydrogens (tertiary/aromatic N) is 1. The summed E-state index contributed by atoms with van der Waals surface area (Å²) in [5.74, 6) is 0.569. The Labute approximate surface area is 133 Å². The van der Waals surface area contributed by atoms with Crippen molar-refractivity contribution in [3.05, 3.63) is 49.4 Å². The molecule has 108 valence electrons. The number of halogens is 2. The van der Waals surface area contributed by atoms with Gasteiger partial charge in [0.25, 0.3) is 0 Å². The summed E-state index contributed by atoms with van der Waals surface area (Å²) in [5, 5.41) is 2.40.